The summed E-state index contributed by atoms with van der Waals surface area (Å²) in [7, 11) is 4.46. The van der Waals surface area contributed by atoms with Gasteiger partial charge in [0.25, 0.3) is 0 Å². The molecule has 5 heteroatoms. The van der Waals surface area contributed by atoms with Gasteiger partial charge in [0.15, 0.2) is 0 Å². The third-order valence-electron chi connectivity index (χ3n) is 7.39. The molecule has 1 saturated carbocycles. The molecule has 34 heavy (non-hydrogen) atoms. The summed E-state index contributed by atoms with van der Waals surface area (Å²) in [5.41, 5.74) is 3.08. The van der Waals surface area contributed by atoms with Crippen LogP contribution in [0, 0.1) is 18.8 Å². The number of hydrogen-bond donors (Lipinski definition) is 0. The molecule has 0 N–H and O–H groups in total. The average molecular weight is 460 g/mol. The second-order valence-electron chi connectivity index (χ2n) is 10.1. The van der Waals surface area contributed by atoms with E-state index in [0.29, 0.717) is 23.4 Å². The second kappa shape index (κ2) is 11.6. The van der Waals surface area contributed by atoms with E-state index in [0.717, 1.165) is 30.7 Å². The molecule has 2 aromatic carbocycles. The van der Waals surface area contributed by atoms with Crippen molar-refractivity contribution in [3.8, 4) is 0 Å². The first kappa shape index (κ1) is 24.3. The van der Waals surface area contributed by atoms with Gasteiger partial charge in [-0.05, 0) is 76.6 Å². The Morgan fingerprint density at radius 1 is 1.03 bits per heavy atom. The summed E-state index contributed by atoms with van der Waals surface area (Å²) in [6.07, 6.45) is 9.22. The molecular weight excluding hydrogens is 422 g/mol. The number of hydrogen-bond acceptors (Lipinski definition) is 5. The molecule has 0 spiro atoms. The molecule has 0 radical (unpaired) electrons. The number of carbonyl (C=O) groups is 1. The van der Waals surface area contributed by atoms with Crippen molar-refractivity contribution < 1.29 is 9.32 Å². The number of carbonyl (C=O) groups excluding carboxylic acids is 1. The molecule has 1 aromatic heterocycles. The lowest BCUT2D eigenvalue weighted by Gasteiger charge is -2.37. The summed E-state index contributed by atoms with van der Waals surface area (Å²) in [5, 5.41) is 3.94. The summed E-state index contributed by atoms with van der Waals surface area (Å²) >= 11 is 0. The summed E-state index contributed by atoms with van der Waals surface area (Å²) in [4.78, 5) is 19.4. The Balaban J connectivity index is 1.24. The predicted octanol–water partition coefficient (Wildman–Crippen LogP) is 5.91. The molecular formula is C29H37N3O2. The molecule has 1 atom stereocenters. The van der Waals surface area contributed by atoms with Crippen LogP contribution in [0.3, 0.4) is 0 Å². The number of nitrogens with zero attached hydrogens (tertiary/aromatic N) is 3. The van der Waals surface area contributed by atoms with Gasteiger partial charge in [-0.15, -0.1) is 0 Å². The first-order valence-electron chi connectivity index (χ1n) is 12.6. The van der Waals surface area contributed by atoms with Gasteiger partial charge in [-0.2, -0.15) is 4.98 Å². The monoisotopic (exact) mass is 459 g/mol. The van der Waals surface area contributed by atoms with Gasteiger partial charge in [0.05, 0.1) is 0 Å². The van der Waals surface area contributed by atoms with Gasteiger partial charge in [0.2, 0.25) is 17.5 Å². The van der Waals surface area contributed by atoms with E-state index in [1.54, 1.807) is 6.07 Å². The van der Waals surface area contributed by atoms with Crippen molar-refractivity contribution in [2.45, 2.75) is 64.3 Å². The van der Waals surface area contributed by atoms with Crippen molar-refractivity contribution in [1.82, 2.24) is 15.0 Å². The fourth-order valence-corrected chi connectivity index (χ4v) is 5.43. The molecule has 3 aromatic rings. The molecule has 1 aliphatic rings. The van der Waals surface area contributed by atoms with E-state index in [-0.39, 0.29) is 11.6 Å². The van der Waals surface area contributed by atoms with Crippen molar-refractivity contribution in [2.24, 2.45) is 11.8 Å². The van der Waals surface area contributed by atoms with E-state index in [9.17, 15) is 4.79 Å². The highest BCUT2D eigenvalue weighted by molar-refractivity contribution is 6.06. The predicted molar refractivity (Wildman–Crippen MR) is 135 cm³/mol. The maximum absolute atomic E-state index is 12.6. The maximum Gasteiger partial charge on any atom is 0.243 e. The fourth-order valence-electron chi connectivity index (χ4n) is 5.43. The van der Waals surface area contributed by atoms with Crippen molar-refractivity contribution in [2.75, 3.05) is 14.1 Å². The van der Waals surface area contributed by atoms with E-state index in [1.807, 2.05) is 25.1 Å². The first-order chi connectivity index (χ1) is 16.5. The van der Waals surface area contributed by atoms with Crippen LogP contribution in [0.15, 0.2) is 59.1 Å². The van der Waals surface area contributed by atoms with E-state index >= 15 is 0 Å². The topological polar surface area (TPSA) is 59.2 Å². The van der Waals surface area contributed by atoms with Gasteiger partial charge in [0, 0.05) is 18.0 Å². The van der Waals surface area contributed by atoms with E-state index in [4.69, 9.17) is 4.52 Å². The number of aryl methyl sites for hydroxylation is 3. The molecule has 1 unspecified atom stereocenters. The van der Waals surface area contributed by atoms with Gasteiger partial charge >= 0.3 is 0 Å². The Bertz CT molecular complexity index is 1050. The minimum atomic E-state index is -0.176. The summed E-state index contributed by atoms with van der Waals surface area (Å²) in [6, 6.07) is 19.0. The summed E-state index contributed by atoms with van der Waals surface area (Å²) in [6.45, 7) is 1.97. The van der Waals surface area contributed by atoms with Crippen molar-refractivity contribution in [1.29, 1.82) is 0 Å². The number of aromatic nitrogens is 2. The lowest BCUT2D eigenvalue weighted by molar-refractivity contribution is 0.102. The van der Waals surface area contributed by atoms with Crippen molar-refractivity contribution in [3.05, 3.63) is 83.0 Å². The summed E-state index contributed by atoms with van der Waals surface area (Å²) < 4.78 is 5.40. The van der Waals surface area contributed by atoms with Crippen LogP contribution >= 0.6 is 0 Å². The maximum atomic E-state index is 12.6. The third kappa shape index (κ3) is 6.41. The average Bonchev–Trinajstić information content (AvgIpc) is 3.33. The Hall–Kier alpha value is -2.79. The summed E-state index contributed by atoms with van der Waals surface area (Å²) in [5.74, 6) is 2.01. The Morgan fingerprint density at radius 2 is 1.79 bits per heavy atom. The van der Waals surface area contributed by atoms with Crippen molar-refractivity contribution >= 4 is 5.78 Å². The van der Waals surface area contributed by atoms with E-state index in [1.165, 1.54) is 37.7 Å². The Morgan fingerprint density at radius 3 is 2.50 bits per heavy atom. The van der Waals surface area contributed by atoms with Gasteiger partial charge < -0.3 is 9.42 Å². The Labute approximate surface area is 203 Å². The molecule has 1 fully saturated rings. The van der Waals surface area contributed by atoms with Crippen LogP contribution in [-0.4, -0.2) is 41.0 Å². The van der Waals surface area contributed by atoms with Gasteiger partial charge in [-0.1, -0.05) is 72.1 Å². The SMILES string of the molecule is Cc1cccc(C(=O)c2noc(CCC3CCC(C(CCc4ccccc4)N(C)C)CC3)n2)c1. The number of benzene rings is 2. The minimum absolute atomic E-state index is 0.163. The zero-order valence-electron chi connectivity index (χ0n) is 20.7. The van der Waals surface area contributed by atoms with Gasteiger partial charge in [0.1, 0.15) is 0 Å². The number of ketones is 1. The molecule has 180 valence electrons. The quantitative estimate of drug-likeness (QED) is 0.353. The van der Waals surface area contributed by atoms with Gasteiger partial charge in [-0.3, -0.25) is 4.79 Å². The standard InChI is InChI=1S/C29H37N3O2/c1-21-8-7-11-25(20-21)28(33)29-30-27(34-31-29)19-15-23-12-16-24(17-13-23)26(32(2)3)18-14-22-9-5-4-6-10-22/h4-11,20,23-24,26H,12-19H2,1-3H3. The third-order valence-corrected chi connectivity index (χ3v) is 7.39. The van der Waals surface area contributed by atoms with E-state index in [2.05, 4.69) is 59.5 Å². The van der Waals surface area contributed by atoms with Crippen molar-refractivity contribution in [3.63, 3.8) is 0 Å². The lowest BCUT2D eigenvalue weighted by atomic mass is 9.75. The molecule has 1 aliphatic carbocycles. The fraction of sp³-hybridized carbons (Fsp3) is 0.483. The molecule has 0 saturated heterocycles. The lowest BCUT2D eigenvalue weighted by Crippen LogP contribution is -2.37. The molecule has 4 rings (SSSR count). The molecule has 1 heterocycles. The molecule has 0 amide bonds. The second-order valence-corrected chi connectivity index (χ2v) is 10.1. The highest BCUT2D eigenvalue weighted by Gasteiger charge is 2.29. The molecule has 0 aliphatic heterocycles. The van der Waals surface area contributed by atoms with Gasteiger partial charge in [-0.25, -0.2) is 0 Å². The smallest absolute Gasteiger partial charge is 0.243 e. The molecule has 0 bridgehead atoms. The van der Waals surface area contributed by atoms with Crippen LogP contribution in [0.25, 0.3) is 0 Å². The van der Waals surface area contributed by atoms with Crippen LogP contribution in [0.2, 0.25) is 0 Å². The largest absolute Gasteiger partial charge is 0.339 e. The van der Waals surface area contributed by atoms with Crippen LogP contribution < -0.4 is 0 Å². The normalized spacial score (nSPS) is 19.3. The van der Waals surface area contributed by atoms with Crippen LogP contribution in [-0.2, 0) is 12.8 Å². The zero-order valence-corrected chi connectivity index (χ0v) is 20.7. The first-order valence-corrected chi connectivity index (χ1v) is 12.6. The van der Waals surface area contributed by atoms with E-state index < -0.39 is 0 Å². The van der Waals surface area contributed by atoms with Crippen LogP contribution in [0.1, 0.15) is 71.7 Å². The minimum Gasteiger partial charge on any atom is -0.339 e. The van der Waals surface area contributed by atoms with Crippen LogP contribution in [0.4, 0.5) is 0 Å². The zero-order chi connectivity index (χ0) is 23.9. The number of rotatable bonds is 10. The Kier molecular flexibility index (Phi) is 8.28. The molecule has 5 nitrogen and oxygen atoms in total. The highest BCUT2D eigenvalue weighted by Crippen LogP contribution is 2.35. The van der Waals surface area contributed by atoms with Crippen LogP contribution in [0.5, 0.6) is 0 Å². The highest BCUT2D eigenvalue weighted by atomic mass is 16.5.